The van der Waals surface area contributed by atoms with E-state index in [0.29, 0.717) is 4.88 Å². The maximum Gasteiger partial charge on any atom is 0.347 e. The first-order valence-corrected chi connectivity index (χ1v) is 7.70. The highest BCUT2D eigenvalue weighted by Crippen LogP contribution is 2.40. The lowest BCUT2D eigenvalue weighted by molar-refractivity contribution is 0.0700. The van der Waals surface area contributed by atoms with Crippen LogP contribution >= 0.6 is 11.3 Å². The van der Waals surface area contributed by atoms with Crippen LogP contribution in [0.25, 0.3) is 0 Å². The maximum absolute atomic E-state index is 11.3. The van der Waals surface area contributed by atoms with E-state index in [1.54, 1.807) is 0 Å². The Morgan fingerprint density at radius 2 is 2.26 bits per heavy atom. The topological polar surface area (TPSA) is 53.4 Å². The van der Waals surface area contributed by atoms with Crippen LogP contribution in [-0.2, 0) is 0 Å². The van der Waals surface area contributed by atoms with Gasteiger partial charge in [-0.15, -0.1) is 0 Å². The minimum atomic E-state index is -0.854. The van der Waals surface area contributed by atoms with Crippen LogP contribution in [-0.4, -0.2) is 29.7 Å². The van der Waals surface area contributed by atoms with Crippen LogP contribution in [0.1, 0.15) is 54.9 Å². The number of thiazole rings is 1. The molecular weight excluding hydrogens is 260 g/mol. The highest BCUT2D eigenvalue weighted by Gasteiger charge is 2.34. The third-order valence-corrected chi connectivity index (χ3v) is 5.20. The fraction of sp³-hybridized carbons (Fsp3) is 0.714. The van der Waals surface area contributed by atoms with Gasteiger partial charge in [-0.05, 0) is 30.6 Å². The number of rotatable bonds is 6. The summed E-state index contributed by atoms with van der Waals surface area (Å²) in [5.74, 6) is 0.890. The summed E-state index contributed by atoms with van der Waals surface area (Å²) in [5.41, 5.74) is 0.741. The van der Waals surface area contributed by atoms with Crippen LogP contribution in [0.2, 0.25) is 0 Å². The van der Waals surface area contributed by atoms with Crippen LogP contribution in [0.15, 0.2) is 0 Å². The highest BCUT2D eigenvalue weighted by atomic mass is 32.1. The Morgan fingerprint density at radius 1 is 1.63 bits per heavy atom. The molecule has 1 aromatic rings. The predicted octanol–water partition coefficient (Wildman–Crippen LogP) is 3.45. The molecule has 0 spiro atoms. The number of hydrogen-bond acceptors (Lipinski definition) is 4. The highest BCUT2D eigenvalue weighted by molar-refractivity contribution is 7.17. The van der Waals surface area contributed by atoms with Crippen LogP contribution in [0.4, 0.5) is 5.13 Å². The molecule has 0 bridgehead atoms. The van der Waals surface area contributed by atoms with Gasteiger partial charge in [-0.25, -0.2) is 9.78 Å². The van der Waals surface area contributed by atoms with Gasteiger partial charge in [-0.2, -0.15) is 0 Å². The molecule has 0 aliphatic heterocycles. The third-order valence-electron chi connectivity index (χ3n) is 4.03. The number of nitrogens with zero attached hydrogens (tertiary/aromatic N) is 2. The third kappa shape index (κ3) is 3.08. The first kappa shape index (κ1) is 14.3. The van der Waals surface area contributed by atoms with E-state index in [4.69, 9.17) is 0 Å². The number of aromatic carboxylic acids is 1. The van der Waals surface area contributed by atoms with E-state index in [1.165, 1.54) is 17.8 Å². The van der Waals surface area contributed by atoms with Crippen molar-refractivity contribution < 1.29 is 9.90 Å². The van der Waals surface area contributed by atoms with Gasteiger partial charge in [0.2, 0.25) is 0 Å². The molecule has 1 heterocycles. The fourth-order valence-electron chi connectivity index (χ4n) is 2.25. The molecule has 19 heavy (non-hydrogen) atoms. The summed E-state index contributed by atoms with van der Waals surface area (Å²) in [4.78, 5) is 18.4. The molecule has 1 aliphatic rings. The molecule has 1 aromatic heterocycles. The molecule has 0 amide bonds. The standard InChI is InChI=1S/C14H22N2O2S/c1-5-8(2)11-12(13(17)18)19-14(15-11)16(4)7-10-6-9(10)3/h8-10H,5-7H2,1-4H3,(H,17,18). The van der Waals surface area contributed by atoms with Gasteiger partial charge in [0.1, 0.15) is 4.88 Å². The molecule has 0 radical (unpaired) electrons. The smallest absolute Gasteiger partial charge is 0.347 e. The average Bonchev–Trinajstić information content (AvgIpc) is 2.90. The first-order chi connectivity index (χ1) is 8.93. The Morgan fingerprint density at radius 3 is 2.74 bits per heavy atom. The zero-order chi connectivity index (χ0) is 14.2. The first-order valence-electron chi connectivity index (χ1n) is 6.89. The maximum atomic E-state index is 11.3. The number of aromatic nitrogens is 1. The van der Waals surface area contributed by atoms with Crippen LogP contribution in [0.3, 0.4) is 0 Å². The summed E-state index contributed by atoms with van der Waals surface area (Å²) in [5, 5.41) is 10.1. The van der Waals surface area contributed by atoms with Gasteiger partial charge in [0, 0.05) is 13.6 Å². The number of anilines is 1. The largest absolute Gasteiger partial charge is 0.477 e. The summed E-state index contributed by atoms with van der Waals surface area (Å²) in [7, 11) is 2.01. The van der Waals surface area contributed by atoms with Crippen molar-refractivity contribution in [3.05, 3.63) is 10.6 Å². The van der Waals surface area contributed by atoms with Gasteiger partial charge >= 0.3 is 5.97 Å². The summed E-state index contributed by atoms with van der Waals surface area (Å²) in [6.07, 6.45) is 2.19. The average molecular weight is 282 g/mol. The second kappa shape index (κ2) is 5.49. The monoisotopic (exact) mass is 282 g/mol. The van der Waals surface area contributed by atoms with Crippen molar-refractivity contribution >= 4 is 22.4 Å². The van der Waals surface area contributed by atoms with E-state index in [-0.39, 0.29) is 5.92 Å². The molecule has 4 nitrogen and oxygen atoms in total. The van der Waals surface area contributed by atoms with Gasteiger partial charge in [0.15, 0.2) is 5.13 Å². The SMILES string of the molecule is CCC(C)c1nc(N(C)CC2CC2C)sc1C(=O)O. The van der Waals surface area contributed by atoms with E-state index in [9.17, 15) is 9.90 Å². The molecule has 1 aliphatic carbocycles. The van der Waals surface area contributed by atoms with Gasteiger partial charge in [-0.3, -0.25) is 0 Å². The number of carboxylic acid groups (broad SMARTS) is 1. The molecule has 1 N–H and O–H groups in total. The van der Waals surface area contributed by atoms with Crippen molar-refractivity contribution in [2.45, 2.75) is 39.5 Å². The molecular formula is C14H22N2O2S. The van der Waals surface area contributed by atoms with Crippen molar-refractivity contribution in [3.63, 3.8) is 0 Å². The quantitative estimate of drug-likeness (QED) is 0.868. The summed E-state index contributed by atoms with van der Waals surface area (Å²) in [6, 6.07) is 0. The molecule has 5 heteroatoms. The molecule has 106 valence electrons. The van der Waals surface area contributed by atoms with Gasteiger partial charge in [0.25, 0.3) is 0 Å². The minimum absolute atomic E-state index is 0.198. The second-order valence-electron chi connectivity index (χ2n) is 5.68. The molecule has 0 aromatic carbocycles. The van der Waals surface area contributed by atoms with E-state index in [0.717, 1.165) is 35.6 Å². The minimum Gasteiger partial charge on any atom is -0.477 e. The zero-order valence-electron chi connectivity index (χ0n) is 12.0. The Balaban J connectivity index is 2.18. The Hall–Kier alpha value is -1.10. The lowest BCUT2D eigenvalue weighted by Crippen LogP contribution is -2.20. The van der Waals surface area contributed by atoms with Crippen molar-refractivity contribution in [2.24, 2.45) is 11.8 Å². The van der Waals surface area contributed by atoms with Crippen molar-refractivity contribution in [2.75, 3.05) is 18.5 Å². The number of hydrogen-bond donors (Lipinski definition) is 1. The van der Waals surface area contributed by atoms with Crippen molar-refractivity contribution in [1.82, 2.24) is 4.98 Å². The van der Waals surface area contributed by atoms with Gasteiger partial charge in [-0.1, -0.05) is 32.1 Å². The lowest BCUT2D eigenvalue weighted by atomic mass is 10.0. The second-order valence-corrected chi connectivity index (χ2v) is 6.66. The van der Waals surface area contributed by atoms with Gasteiger partial charge in [0.05, 0.1) is 5.69 Å². The van der Waals surface area contributed by atoms with Crippen molar-refractivity contribution in [1.29, 1.82) is 0 Å². The van der Waals surface area contributed by atoms with E-state index in [1.807, 2.05) is 14.0 Å². The van der Waals surface area contributed by atoms with Gasteiger partial charge < -0.3 is 10.0 Å². The predicted molar refractivity (Wildman–Crippen MR) is 78.3 cm³/mol. The van der Waals surface area contributed by atoms with E-state index >= 15 is 0 Å². The number of carboxylic acids is 1. The molecule has 1 saturated carbocycles. The molecule has 0 saturated heterocycles. The Labute approximate surface area is 118 Å². The Bertz CT molecular complexity index is 472. The zero-order valence-corrected chi connectivity index (χ0v) is 12.8. The Kier molecular flexibility index (Phi) is 4.13. The molecule has 1 fully saturated rings. The van der Waals surface area contributed by atoms with E-state index < -0.39 is 5.97 Å². The van der Waals surface area contributed by atoms with Crippen molar-refractivity contribution in [3.8, 4) is 0 Å². The van der Waals surface area contributed by atoms with Crippen LogP contribution in [0.5, 0.6) is 0 Å². The molecule has 2 rings (SSSR count). The molecule has 3 unspecified atom stereocenters. The van der Waals surface area contributed by atoms with Crippen LogP contribution in [0, 0.1) is 11.8 Å². The summed E-state index contributed by atoms with van der Waals surface area (Å²) >= 11 is 1.31. The summed E-state index contributed by atoms with van der Waals surface area (Å²) in [6.45, 7) is 7.33. The normalized spacial score (nSPS) is 23.2. The fourth-order valence-corrected chi connectivity index (χ4v) is 3.24. The number of carbonyl (C=O) groups is 1. The van der Waals surface area contributed by atoms with E-state index in [2.05, 4.69) is 23.7 Å². The summed E-state index contributed by atoms with van der Waals surface area (Å²) < 4.78 is 0. The molecule has 3 atom stereocenters. The lowest BCUT2D eigenvalue weighted by Gasteiger charge is -2.15. The van der Waals surface area contributed by atoms with Crippen LogP contribution < -0.4 is 4.90 Å².